The second-order valence-corrected chi connectivity index (χ2v) is 5.65. The molecular weight excluding hydrogens is 334 g/mol. The number of halogens is 1. The third-order valence-corrected chi connectivity index (χ3v) is 3.97. The van der Waals surface area contributed by atoms with Crippen molar-refractivity contribution in [3.63, 3.8) is 0 Å². The predicted octanol–water partition coefficient (Wildman–Crippen LogP) is 1.22. The Balaban J connectivity index is 0.00000288. The second-order valence-electron chi connectivity index (χ2n) is 5.65. The van der Waals surface area contributed by atoms with Gasteiger partial charge in [-0.15, -0.1) is 12.4 Å². The lowest BCUT2D eigenvalue weighted by Gasteiger charge is -2.22. The van der Waals surface area contributed by atoms with Crippen molar-refractivity contribution in [2.75, 3.05) is 19.0 Å². The standard InChI is InChI=1S/C16H21N3O4.ClH/c1-23-13(20)10-18-14(21)11-4-6-12(7-5-11)19-15(22)16(17)8-2-3-9-16;/h4-7H,2-3,8-10,17H2,1H3,(H,18,21)(H,19,22);1H. The highest BCUT2D eigenvalue weighted by atomic mass is 35.5. The number of anilines is 1. The summed E-state index contributed by atoms with van der Waals surface area (Å²) in [6.45, 7) is -0.191. The minimum atomic E-state index is -0.795. The van der Waals surface area contributed by atoms with Crippen molar-refractivity contribution in [3.8, 4) is 0 Å². The van der Waals surface area contributed by atoms with Crippen LogP contribution in [0.5, 0.6) is 0 Å². The number of methoxy groups -OCH3 is 1. The van der Waals surface area contributed by atoms with Gasteiger partial charge in [-0.3, -0.25) is 14.4 Å². The minimum absolute atomic E-state index is 0. The zero-order chi connectivity index (χ0) is 16.9. The molecule has 132 valence electrons. The van der Waals surface area contributed by atoms with E-state index in [1.807, 2.05) is 0 Å². The first-order chi connectivity index (χ1) is 10.9. The van der Waals surface area contributed by atoms with Gasteiger partial charge in [-0.05, 0) is 37.1 Å². The molecule has 0 aliphatic heterocycles. The van der Waals surface area contributed by atoms with E-state index in [9.17, 15) is 14.4 Å². The molecule has 0 bridgehead atoms. The van der Waals surface area contributed by atoms with E-state index in [0.29, 0.717) is 24.1 Å². The molecule has 0 saturated heterocycles. The maximum absolute atomic E-state index is 12.2. The van der Waals surface area contributed by atoms with Crippen LogP contribution in [0.4, 0.5) is 5.69 Å². The molecule has 1 saturated carbocycles. The fourth-order valence-corrected chi connectivity index (χ4v) is 2.52. The molecule has 7 nitrogen and oxygen atoms in total. The highest BCUT2D eigenvalue weighted by molar-refractivity contribution is 5.99. The Morgan fingerprint density at radius 1 is 1.17 bits per heavy atom. The van der Waals surface area contributed by atoms with E-state index in [-0.39, 0.29) is 30.8 Å². The maximum atomic E-state index is 12.2. The SMILES string of the molecule is COC(=O)CNC(=O)c1ccc(NC(=O)C2(N)CCCC2)cc1.Cl. The van der Waals surface area contributed by atoms with E-state index in [2.05, 4.69) is 15.4 Å². The van der Waals surface area contributed by atoms with Crippen molar-refractivity contribution < 1.29 is 19.1 Å². The van der Waals surface area contributed by atoms with E-state index in [4.69, 9.17) is 5.73 Å². The number of nitrogens with one attached hydrogen (secondary N) is 2. The van der Waals surface area contributed by atoms with Gasteiger partial charge < -0.3 is 21.1 Å². The predicted molar refractivity (Wildman–Crippen MR) is 92.1 cm³/mol. The van der Waals surface area contributed by atoms with Gasteiger partial charge in [0.05, 0.1) is 12.6 Å². The number of amides is 2. The molecule has 0 heterocycles. The Morgan fingerprint density at radius 3 is 2.29 bits per heavy atom. The fourth-order valence-electron chi connectivity index (χ4n) is 2.52. The molecule has 0 aromatic heterocycles. The third kappa shape index (κ3) is 4.94. The first-order valence-electron chi connectivity index (χ1n) is 7.50. The van der Waals surface area contributed by atoms with E-state index in [0.717, 1.165) is 12.8 Å². The number of hydrogen-bond donors (Lipinski definition) is 3. The van der Waals surface area contributed by atoms with Crippen LogP contribution in [-0.4, -0.2) is 37.0 Å². The molecule has 4 N–H and O–H groups in total. The van der Waals surface area contributed by atoms with Crippen LogP contribution in [-0.2, 0) is 14.3 Å². The summed E-state index contributed by atoms with van der Waals surface area (Å²) >= 11 is 0. The quantitative estimate of drug-likeness (QED) is 0.688. The highest BCUT2D eigenvalue weighted by Gasteiger charge is 2.36. The molecular formula is C16H22ClN3O4. The third-order valence-electron chi connectivity index (χ3n) is 3.97. The van der Waals surface area contributed by atoms with Gasteiger partial charge in [-0.25, -0.2) is 0 Å². The fraction of sp³-hybridized carbons (Fsp3) is 0.438. The molecule has 24 heavy (non-hydrogen) atoms. The molecule has 8 heteroatoms. The molecule has 0 spiro atoms. The number of ether oxygens (including phenoxy) is 1. The van der Waals surface area contributed by atoms with Gasteiger partial charge in [0, 0.05) is 11.3 Å². The van der Waals surface area contributed by atoms with Crippen molar-refractivity contribution >= 4 is 35.9 Å². The van der Waals surface area contributed by atoms with Crippen molar-refractivity contribution in [1.29, 1.82) is 0 Å². The summed E-state index contributed by atoms with van der Waals surface area (Å²) in [5.74, 6) is -1.11. The smallest absolute Gasteiger partial charge is 0.325 e. The number of carbonyl (C=O) groups is 3. The van der Waals surface area contributed by atoms with Crippen molar-refractivity contribution in [3.05, 3.63) is 29.8 Å². The number of hydrogen-bond acceptors (Lipinski definition) is 5. The first kappa shape index (κ1) is 19.9. The van der Waals surface area contributed by atoms with E-state index in [1.165, 1.54) is 7.11 Å². The van der Waals surface area contributed by atoms with E-state index < -0.39 is 11.5 Å². The normalized spacial score (nSPS) is 15.1. The van der Waals surface area contributed by atoms with Gasteiger partial charge in [0.2, 0.25) is 5.91 Å². The molecule has 0 atom stereocenters. The topological polar surface area (TPSA) is 111 Å². The second kappa shape index (κ2) is 8.65. The molecule has 2 amide bonds. The lowest BCUT2D eigenvalue weighted by Crippen LogP contribution is -2.48. The van der Waals surface area contributed by atoms with Crippen LogP contribution >= 0.6 is 12.4 Å². The summed E-state index contributed by atoms with van der Waals surface area (Å²) in [5.41, 5.74) is 6.26. The van der Waals surface area contributed by atoms with Gasteiger partial charge in [0.1, 0.15) is 6.54 Å². The number of benzene rings is 1. The summed E-state index contributed by atoms with van der Waals surface area (Å²) in [6, 6.07) is 6.40. The van der Waals surface area contributed by atoms with Gasteiger partial charge in [-0.2, -0.15) is 0 Å². The van der Waals surface area contributed by atoms with Crippen molar-refractivity contribution in [2.24, 2.45) is 5.73 Å². The summed E-state index contributed by atoms with van der Waals surface area (Å²) in [7, 11) is 1.25. The molecule has 1 aliphatic rings. The van der Waals surface area contributed by atoms with Crippen molar-refractivity contribution in [2.45, 2.75) is 31.2 Å². The minimum Gasteiger partial charge on any atom is -0.468 e. The van der Waals surface area contributed by atoms with Crippen LogP contribution in [0.15, 0.2) is 24.3 Å². The molecule has 2 rings (SSSR count). The zero-order valence-electron chi connectivity index (χ0n) is 13.5. The maximum Gasteiger partial charge on any atom is 0.325 e. The van der Waals surface area contributed by atoms with Crippen LogP contribution in [0.1, 0.15) is 36.0 Å². The molecule has 0 unspecified atom stereocenters. The summed E-state index contributed by atoms with van der Waals surface area (Å²) in [5, 5.41) is 5.22. The molecule has 1 aromatic rings. The van der Waals surface area contributed by atoms with E-state index in [1.54, 1.807) is 24.3 Å². The Labute approximate surface area is 146 Å². The average Bonchev–Trinajstić information content (AvgIpc) is 3.01. The zero-order valence-corrected chi connectivity index (χ0v) is 14.3. The van der Waals surface area contributed by atoms with Crippen LogP contribution in [0, 0.1) is 0 Å². The van der Waals surface area contributed by atoms with Gasteiger partial charge in [0.15, 0.2) is 0 Å². The number of nitrogens with two attached hydrogens (primary N) is 1. The number of carbonyl (C=O) groups excluding carboxylic acids is 3. The Morgan fingerprint density at radius 2 is 1.75 bits per heavy atom. The van der Waals surface area contributed by atoms with Gasteiger partial charge in [-0.1, -0.05) is 12.8 Å². The Hall–Kier alpha value is -2.12. The van der Waals surface area contributed by atoms with Crippen molar-refractivity contribution in [1.82, 2.24) is 5.32 Å². The lowest BCUT2D eigenvalue weighted by molar-refractivity contribution is -0.139. The Kier molecular flexibility index (Phi) is 7.18. The average molecular weight is 356 g/mol. The van der Waals surface area contributed by atoms with Gasteiger partial charge >= 0.3 is 5.97 Å². The van der Waals surface area contributed by atoms with Crippen LogP contribution in [0.3, 0.4) is 0 Å². The largest absolute Gasteiger partial charge is 0.468 e. The molecule has 1 aliphatic carbocycles. The highest BCUT2D eigenvalue weighted by Crippen LogP contribution is 2.28. The lowest BCUT2D eigenvalue weighted by atomic mass is 9.98. The summed E-state index contributed by atoms with van der Waals surface area (Å²) in [6.07, 6.45) is 3.30. The van der Waals surface area contributed by atoms with Crippen LogP contribution in [0.25, 0.3) is 0 Å². The van der Waals surface area contributed by atoms with Crippen LogP contribution < -0.4 is 16.4 Å². The molecule has 1 aromatic carbocycles. The van der Waals surface area contributed by atoms with E-state index >= 15 is 0 Å². The summed E-state index contributed by atoms with van der Waals surface area (Å²) in [4.78, 5) is 35.0. The van der Waals surface area contributed by atoms with Gasteiger partial charge in [0.25, 0.3) is 5.91 Å². The number of rotatable bonds is 5. The summed E-state index contributed by atoms with van der Waals surface area (Å²) < 4.78 is 4.44. The Bertz CT molecular complexity index is 598. The molecule has 1 fully saturated rings. The number of esters is 1. The van der Waals surface area contributed by atoms with Crippen LogP contribution in [0.2, 0.25) is 0 Å². The molecule has 0 radical (unpaired) electrons. The monoisotopic (exact) mass is 355 g/mol. The first-order valence-corrected chi connectivity index (χ1v) is 7.50.